The van der Waals surface area contributed by atoms with Crippen LogP contribution in [0.1, 0.15) is 35.1 Å². The van der Waals surface area contributed by atoms with Crippen LogP contribution in [0.15, 0.2) is 30.0 Å². The Kier molecular flexibility index (Phi) is 7.33. The lowest BCUT2D eigenvalue weighted by atomic mass is 9.94. The smallest absolute Gasteiger partial charge is 0.295 e. The number of aliphatic hydroxyl groups is 1. The highest BCUT2D eigenvalue weighted by molar-refractivity contribution is 6.46. The van der Waals surface area contributed by atoms with Crippen molar-refractivity contribution in [3.8, 4) is 11.5 Å². The van der Waals surface area contributed by atoms with Crippen molar-refractivity contribution in [2.75, 3.05) is 41.4 Å². The number of aliphatic hydroxyl groups excluding tert-OH is 1. The number of carbonyl (C=O) groups excluding carboxylic acids is 2. The fraction of sp³-hybridized carbons (Fsp3) is 0.417. The number of ketones is 1. The van der Waals surface area contributed by atoms with Gasteiger partial charge in [0.2, 0.25) is 0 Å². The van der Waals surface area contributed by atoms with Gasteiger partial charge in [-0.1, -0.05) is 12.1 Å². The van der Waals surface area contributed by atoms with E-state index in [2.05, 4.69) is 9.97 Å². The van der Waals surface area contributed by atoms with Crippen LogP contribution in [0.3, 0.4) is 0 Å². The van der Waals surface area contributed by atoms with E-state index in [-0.39, 0.29) is 11.3 Å². The first kappa shape index (κ1) is 24.2. The average molecular weight is 455 g/mol. The zero-order chi connectivity index (χ0) is 24.3. The average Bonchev–Trinajstić information content (AvgIpc) is 3.02. The van der Waals surface area contributed by atoms with E-state index in [1.807, 2.05) is 19.0 Å². The first-order valence-electron chi connectivity index (χ1n) is 10.7. The number of likely N-dealkylation sites (tertiary alicyclic amines) is 1. The molecule has 1 aliphatic heterocycles. The summed E-state index contributed by atoms with van der Waals surface area (Å²) in [5.74, 6) is -0.339. The van der Waals surface area contributed by atoms with Crippen LogP contribution in [0.25, 0.3) is 5.76 Å². The second-order valence-electron chi connectivity index (χ2n) is 8.15. The van der Waals surface area contributed by atoms with Crippen LogP contribution in [0.4, 0.5) is 0 Å². The zero-order valence-corrected chi connectivity index (χ0v) is 19.9. The Morgan fingerprint density at radius 1 is 1.18 bits per heavy atom. The van der Waals surface area contributed by atoms with Crippen LogP contribution in [0, 0.1) is 13.8 Å². The van der Waals surface area contributed by atoms with Gasteiger partial charge in [-0.05, 0) is 47.0 Å². The maximum absolute atomic E-state index is 13.2. The van der Waals surface area contributed by atoms with E-state index in [9.17, 15) is 14.7 Å². The number of methoxy groups -OCH3 is 2. The van der Waals surface area contributed by atoms with E-state index >= 15 is 0 Å². The molecule has 176 valence electrons. The molecule has 1 atom stereocenters. The number of nitrogens with zero attached hydrogens (tertiary/aromatic N) is 4. The van der Waals surface area contributed by atoms with Gasteiger partial charge in [-0.25, -0.2) is 9.97 Å². The number of para-hydroxylation sites is 1. The molecule has 1 amide bonds. The molecule has 0 bridgehead atoms. The van der Waals surface area contributed by atoms with Crippen LogP contribution in [0.5, 0.6) is 11.5 Å². The van der Waals surface area contributed by atoms with Crippen molar-refractivity contribution >= 4 is 17.4 Å². The van der Waals surface area contributed by atoms with E-state index < -0.39 is 17.7 Å². The minimum Gasteiger partial charge on any atom is -0.507 e. The summed E-state index contributed by atoms with van der Waals surface area (Å²) < 4.78 is 11.0. The first-order valence-corrected chi connectivity index (χ1v) is 10.7. The molecule has 0 radical (unpaired) electrons. The van der Waals surface area contributed by atoms with E-state index in [0.29, 0.717) is 47.1 Å². The van der Waals surface area contributed by atoms with Gasteiger partial charge in [0, 0.05) is 18.3 Å². The minimum atomic E-state index is -0.849. The Labute approximate surface area is 193 Å². The van der Waals surface area contributed by atoms with Gasteiger partial charge in [0.1, 0.15) is 11.6 Å². The van der Waals surface area contributed by atoms with Gasteiger partial charge in [-0.2, -0.15) is 0 Å². The Hall–Kier alpha value is -3.46. The number of carbonyl (C=O) groups is 2. The molecule has 1 fully saturated rings. The van der Waals surface area contributed by atoms with Crippen molar-refractivity contribution in [3.63, 3.8) is 0 Å². The summed E-state index contributed by atoms with van der Waals surface area (Å²) in [4.78, 5) is 38.3. The highest BCUT2D eigenvalue weighted by atomic mass is 16.5. The summed E-state index contributed by atoms with van der Waals surface area (Å²) in [5.41, 5.74) is 1.34. The highest BCUT2D eigenvalue weighted by Crippen LogP contribution is 2.45. The lowest BCUT2D eigenvalue weighted by Gasteiger charge is -2.27. The van der Waals surface area contributed by atoms with E-state index in [1.165, 1.54) is 25.3 Å². The van der Waals surface area contributed by atoms with Gasteiger partial charge in [-0.15, -0.1) is 0 Å². The number of aryl methyl sites for hydroxylation is 2. The van der Waals surface area contributed by atoms with Crippen molar-refractivity contribution in [1.29, 1.82) is 0 Å². The molecule has 1 saturated heterocycles. The number of Topliss-reactive ketones (excluding diaryl/α,β-unsaturated/α-hetero) is 1. The number of aromatic nitrogens is 2. The van der Waals surface area contributed by atoms with Crippen molar-refractivity contribution in [3.05, 3.63) is 52.6 Å². The summed E-state index contributed by atoms with van der Waals surface area (Å²) in [7, 11) is 6.90. The number of rotatable bonds is 8. The van der Waals surface area contributed by atoms with Crippen LogP contribution in [0.2, 0.25) is 0 Å². The molecule has 3 rings (SSSR count). The first-order chi connectivity index (χ1) is 15.7. The molecule has 0 aliphatic carbocycles. The third-order valence-corrected chi connectivity index (χ3v) is 5.63. The molecule has 2 aromatic rings. The minimum absolute atomic E-state index is 0.0213. The van der Waals surface area contributed by atoms with Gasteiger partial charge in [-0.3, -0.25) is 9.59 Å². The molecular formula is C24H30N4O5. The van der Waals surface area contributed by atoms with Crippen LogP contribution in [-0.4, -0.2) is 78.0 Å². The third-order valence-electron chi connectivity index (χ3n) is 5.63. The van der Waals surface area contributed by atoms with E-state index in [4.69, 9.17) is 9.47 Å². The summed E-state index contributed by atoms with van der Waals surface area (Å²) >= 11 is 0. The monoisotopic (exact) mass is 454 g/mol. The third kappa shape index (κ3) is 4.68. The van der Waals surface area contributed by atoms with Crippen LogP contribution < -0.4 is 9.47 Å². The van der Waals surface area contributed by atoms with Crippen molar-refractivity contribution in [1.82, 2.24) is 19.8 Å². The standard InChI is InChI=1S/C24H30N4O5/c1-14-17(13-25-15(2)26-14)21(29)19-20(16-9-7-10-18(32-5)23(16)33-6)28(24(31)22(19)30)12-8-11-27(3)4/h7,9-10,13,20,29H,8,11-12H2,1-6H3/b21-19+/t20-/m0/s1. The summed E-state index contributed by atoms with van der Waals surface area (Å²) in [5, 5.41) is 11.3. The van der Waals surface area contributed by atoms with Gasteiger partial charge < -0.3 is 24.4 Å². The normalized spacial score (nSPS) is 17.7. The summed E-state index contributed by atoms with van der Waals surface area (Å²) in [6.07, 6.45) is 2.11. The molecule has 33 heavy (non-hydrogen) atoms. The molecule has 2 heterocycles. The second kappa shape index (κ2) is 9.99. The predicted octanol–water partition coefficient (Wildman–Crippen LogP) is 2.48. The summed E-state index contributed by atoms with van der Waals surface area (Å²) in [6, 6.07) is 4.41. The number of hydrogen-bond donors (Lipinski definition) is 1. The zero-order valence-electron chi connectivity index (χ0n) is 19.9. The molecule has 0 saturated carbocycles. The maximum atomic E-state index is 13.2. The van der Waals surface area contributed by atoms with Crippen LogP contribution in [-0.2, 0) is 9.59 Å². The maximum Gasteiger partial charge on any atom is 0.295 e. The van der Waals surface area contributed by atoms with Gasteiger partial charge in [0.05, 0.1) is 37.1 Å². The number of benzene rings is 1. The van der Waals surface area contributed by atoms with Crippen molar-refractivity contribution in [2.45, 2.75) is 26.3 Å². The molecule has 1 aromatic heterocycles. The largest absolute Gasteiger partial charge is 0.507 e. The van der Waals surface area contributed by atoms with Crippen LogP contribution >= 0.6 is 0 Å². The molecule has 0 unspecified atom stereocenters. The Bertz CT molecular complexity index is 1100. The SMILES string of the molecule is COc1cccc([C@H]2/C(=C(\O)c3cnc(C)nc3C)C(=O)C(=O)N2CCCN(C)C)c1OC. The van der Waals surface area contributed by atoms with Gasteiger partial charge in [0.25, 0.3) is 11.7 Å². The fourth-order valence-electron chi connectivity index (χ4n) is 4.08. The Morgan fingerprint density at radius 2 is 1.91 bits per heavy atom. The quantitative estimate of drug-likeness (QED) is 0.369. The predicted molar refractivity (Wildman–Crippen MR) is 123 cm³/mol. The topological polar surface area (TPSA) is 105 Å². The van der Waals surface area contributed by atoms with E-state index in [0.717, 1.165) is 6.54 Å². The van der Waals surface area contributed by atoms with Crippen molar-refractivity contribution in [2.24, 2.45) is 0 Å². The summed E-state index contributed by atoms with van der Waals surface area (Å²) in [6.45, 7) is 4.52. The lowest BCUT2D eigenvalue weighted by Crippen LogP contribution is -2.32. The van der Waals surface area contributed by atoms with E-state index in [1.54, 1.807) is 32.0 Å². The number of ether oxygens (including phenoxy) is 2. The second-order valence-corrected chi connectivity index (χ2v) is 8.15. The molecule has 9 heteroatoms. The molecule has 1 N–H and O–H groups in total. The van der Waals surface area contributed by atoms with Gasteiger partial charge in [0.15, 0.2) is 11.5 Å². The Balaban J connectivity index is 2.23. The highest BCUT2D eigenvalue weighted by Gasteiger charge is 2.47. The molecule has 9 nitrogen and oxygen atoms in total. The Morgan fingerprint density at radius 3 is 2.52 bits per heavy atom. The van der Waals surface area contributed by atoms with Gasteiger partial charge >= 0.3 is 0 Å². The molecule has 0 spiro atoms. The number of amides is 1. The fourth-order valence-corrected chi connectivity index (χ4v) is 4.08. The molecule has 1 aromatic carbocycles. The molecular weight excluding hydrogens is 424 g/mol. The number of hydrogen-bond acceptors (Lipinski definition) is 8. The molecule has 1 aliphatic rings. The van der Waals surface area contributed by atoms with Crippen molar-refractivity contribution < 1.29 is 24.2 Å². The lowest BCUT2D eigenvalue weighted by molar-refractivity contribution is -0.140.